The monoisotopic (exact) mass is 268 g/mol. The minimum absolute atomic E-state index is 0.261. The van der Waals surface area contributed by atoms with E-state index in [0.29, 0.717) is 16.6 Å². The Hall–Kier alpha value is -1.46. The van der Waals surface area contributed by atoms with E-state index in [2.05, 4.69) is 10.2 Å². The molecular formula is C11H9ClN2O2S. The summed E-state index contributed by atoms with van der Waals surface area (Å²) in [5.74, 6) is -0.440. The zero-order chi connectivity index (χ0) is 12.3. The predicted molar refractivity (Wildman–Crippen MR) is 66.3 cm³/mol. The highest BCUT2D eigenvalue weighted by Crippen LogP contribution is 2.25. The average molecular weight is 269 g/mol. The first-order valence-electron chi connectivity index (χ1n) is 4.97. The lowest BCUT2D eigenvalue weighted by molar-refractivity contribution is 0.0525. The number of hydrogen-bond acceptors (Lipinski definition) is 5. The van der Waals surface area contributed by atoms with E-state index in [1.54, 1.807) is 19.1 Å². The third-order valence-electron chi connectivity index (χ3n) is 1.97. The average Bonchev–Trinajstić information content (AvgIpc) is 2.80. The lowest BCUT2D eigenvalue weighted by atomic mass is 10.2. The number of esters is 1. The van der Waals surface area contributed by atoms with Crippen molar-refractivity contribution >= 4 is 28.9 Å². The molecule has 0 fully saturated rings. The first kappa shape index (κ1) is 12.0. The van der Waals surface area contributed by atoms with Gasteiger partial charge in [0.05, 0.1) is 6.61 Å². The number of benzene rings is 1. The third-order valence-corrected chi connectivity index (χ3v) is 3.17. The van der Waals surface area contributed by atoms with Crippen LogP contribution in [-0.2, 0) is 4.74 Å². The molecule has 0 aliphatic carbocycles. The Morgan fingerprint density at radius 2 is 2.06 bits per heavy atom. The van der Waals surface area contributed by atoms with Gasteiger partial charge < -0.3 is 4.74 Å². The summed E-state index contributed by atoms with van der Waals surface area (Å²) in [7, 11) is 0. The van der Waals surface area contributed by atoms with Crippen molar-refractivity contribution in [1.29, 1.82) is 0 Å². The van der Waals surface area contributed by atoms with Gasteiger partial charge in [0.2, 0.25) is 5.01 Å². The van der Waals surface area contributed by atoms with Crippen molar-refractivity contribution < 1.29 is 9.53 Å². The molecule has 1 heterocycles. The molecule has 88 valence electrons. The standard InChI is InChI=1S/C11H9ClN2O2S/c1-2-16-11(15)10-14-13-9(17-10)7-3-5-8(12)6-4-7/h3-6H,2H2,1H3. The number of carbonyl (C=O) groups is 1. The van der Waals surface area contributed by atoms with Gasteiger partial charge in [0.25, 0.3) is 0 Å². The Bertz CT molecular complexity index is 525. The SMILES string of the molecule is CCOC(=O)c1nnc(-c2ccc(Cl)cc2)s1. The minimum Gasteiger partial charge on any atom is -0.461 e. The van der Waals surface area contributed by atoms with Gasteiger partial charge in [-0.15, -0.1) is 10.2 Å². The molecule has 0 amide bonds. The number of halogens is 1. The van der Waals surface area contributed by atoms with E-state index in [1.807, 2.05) is 12.1 Å². The second-order valence-corrected chi connectivity index (χ2v) is 4.55. The van der Waals surface area contributed by atoms with Crippen LogP contribution in [0.4, 0.5) is 0 Å². The molecule has 0 saturated heterocycles. The van der Waals surface area contributed by atoms with Gasteiger partial charge in [-0.1, -0.05) is 35.1 Å². The summed E-state index contributed by atoms with van der Waals surface area (Å²) < 4.78 is 4.84. The second kappa shape index (κ2) is 5.25. The van der Waals surface area contributed by atoms with E-state index in [9.17, 15) is 4.79 Å². The smallest absolute Gasteiger partial charge is 0.369 e. The molecule has 0 bridgehead atoms. The molecule has 1 aromatic carbocycles. The van der Waals surface area contributed by atoms with Crippen LogP contribution in [0.1, 0.15) is 16.7 Å². The highest BCUT2D eigenvalue weighted by atomic mass is 35.5. The molecule has 0 saturated carbocycles. The van der Waals surface area contributed by atoms with Crippen molar-refractivity contribution in [3.8, 4) is 10.6 Å². The van der Waals surface area contributed by atoms with Crippen LogP contribution in [0.2, 0.25) is 5.02 Å². The molecule has 0 N–H and O–H groups in total. The maximum Gasteiger partial charge on any atom is 0.369 e. The highest BCUT2D eigenvalue weighted by molar-refractivity contribution is 7.16. The van der Waals surface area contributed by atoms with E-state index in [4.69, 9.17) is 16.3 Å². The Morgan fingerprint density at radius 3 is 2.71 bits per heavy atom. The topological polar surface area (TPSA) is 52.1 Å². The van der Waals surface area contributed by atoms with E-state index in [1.165, 1.54) is 11.3 Å². The molecule has 4 nitrogen and oxygen atoms in total. The Kier molecular flexibility index (Phi) is 3.71. The van der Waals surface area contributed by atoms with Crippen LogP contribution in [0.15, 0.2) is 24.3 Å². The molecule has 2 aromatic rings. The fourth-order valence-corrected chi connectivity index (χ4v) is 2.08. The molecule has 0 aliphatic heterocycles. The number of hydrogen-bond donors (Lipinski definition) is 0. The molecule has 0 atom stereocenters. The molecular weight excluding hydrogens is 260 g/mol. The van der Waals surface area contributed by atoms with Crippen molar-refractivity contribution in [2.75, 3.05) is 6.61 Å². The summed E-state index contributed by atoms with van der Waals surface area (Å²) >= 11 is 6.99. The van der Waals surface area contributed by atoms with Crippen molar-refractivity contribution in [2.45, 2.75) is 6.92 Å². The maximum atomic E-state index is 11.4. The van der Waals surface area contributed by atoms with Crippen molar-refractivity contribution in [1.82, 2.24) is 10.2 Å². The van der Waals surface area contributed by atoms with Gasteiger partial charge in [-0.3, -0.25) is 0 Å². The van der Waals surface area contributed by atoms with Gasteiger partial charge in [-0.05, 0) is 19.1 Å². The number of ether oxygens (including phenoxy) is 1. The lowest BCUT2D eigenvalue weighted by Crippen LogP contribution is -2.03. The predicted octanol–water partition coefficient (Wildman–Crippen LogP) is 3.04. The number of carbonyl (C=O) groups excluding carboxylic acids is 1. The van der Waals surface area contributed by atoms with E-state index in [0.717, 1.165) is 5.56 Å². The zero-order valence-corrected chi connectivity index (χ0v) is 10.6. The summed E-state index contributed by atoms with van der Waals surface area (Å²) in [4.78, 5) is 11.4. The van der Waals surface area contributed by atoms with Crippen LogP contribution >= 0.6 is 22.9 Å². The van der Waals surface area contributed by atoms with Crippen molar-refractivity contribution in [3.63, 3.8) is 0 Å². The van der Waals surface area contributed by atoms with Crippen LogP contribution in [0.25, 0.3) is 10.6 Å². The fourth-order valence-electron chi connectivity index (χ4n) is 1.21. The molecule has 17 heavy (non-hydrogen) atoms. The van der Waals surface area contributed by atoms with Crippen LogP contribution in [0, 0.1) is 0 Å². The quantitative estimate of drug-likeness (QED) is 0.803. The number of rotatable bonds is 3. The Labute approximate surface area is 107 Å². The summed E-state index contributed by atoms with van der Waals surface area (Å²) in [6, 6.07) is 7.19. The van der Waals surface area contributed by atoms with Crippen LogP contribution < -0.4 is 0 Å². The largest absolute Gasteiger partial charge is 0.461 e. The van der Waals surface area contributed by atoms with Crippen LogP contribution in [-0.4, -0.2) is 22.8 Å². The van der Waals surface area contributed by atoms with Crippen LogP contribution in [0.5, 0.6) is 0 Å². The van der Waals surface area contributed by atoms with E-state index < -0.39 is 5.97 Å². The number of aromatic nitrogens is 2. The van der Waals surface area contributed by atoms with E-state index >= 15 is 0 Å². The fraction of sp³-hybridized carbons (Fsp3) is 0.182. The molecule has 0 unspecified atom stereocenters. The summed E-state index contributed by atoms with van der Waals surface area (Å²) in [5.41, 5.74) is 0.877. The maximum absolute atomic E-state index is 11.4. The molecule has 2 rings (SSSR count). The minimum atomic E-state index is -0.440. The van der Waals surface area contributed by atoms with Crippen molar-refractivity contribution in [2.24, 2.45) is 0 Å². The molecule has 1 aromatic heterocycles. The molecule has 0 aliphatic rings. The Morgan fingerprint density at radius 1 is 1.35 bits per heavy atom. The zero-order valence-electron chi connectivity index (χ0n) is 9.01. The molecule has 6 heteroatoms. The Balaban J connectivity index is 2.23. The summed E-state index contributed by atoms with van der Waals surface area (Å²) in [6.07, 6.45) is 0. The van der Waals surface area contributed by atoms with Crippen molar-refractivity contribution in [3.05, 3.63) is 34.3 Å². The van der Waals surface area contributed by atoms with Crippen LogP contribution in [0.3, 0.4) is 0 Å². The summed E-state index contributed by atoms with van der Waals surface area (Å²) in [6.45, 7) is 2.08. The van der Waals surface area contributed by atoms with Gasteiger partial charge in [-0.25, -0.2) is 4.79 Å². The lowest BCUT2D eigenvalue weighted by Gasteiger charge is -1.95. The third kappa shape index (κ3) is 2.81. The second-order valence-electron chi connectivity index (χ2n) is 3.14. The van der Waals surface area contributed by atoms with Gasteiger partial charge in [-0.2, -0.15) is 0 Å². The number of nitrogens with zero attached hydrogens (tertiary/aromatic N) is 2. The highest BCUT2D eigenvalue weighted by Gasteiger charge is 2.14. The normalized spacial score (nSPS) is 10.2. The van der Waals surface area contributed by atoms with Gasteiger partial charge >= 0.3 is 5.97 Å². The first-order valence-corrected chi connectivity index (χ1v) is 6.16. The van der Waals surface area contributed by atoms with Gasteiger partial charge in [0.1, 0.15) is 5.01 Å². The van der Waals surface area contributed by atoms with Gasteiger partial charge in [0.15, 0.2) is 0 Å². The molecule has 0 spiro atoms. The first-order chi connectivity index (χ1) is 8.20. The van der Waals surface area contributed by atoms with E-state index in [-0.39, 0.29) is 5.01 Å². The van der Waals surface area contributed by atoms with Gasteiger partial charge in [0, 0.05) is 10.6 Å². The summed E-state index contributed by atoms with van der Waals surface area (Å²) in [5, 5.41) is 9.33. The molecule has 0 radical (unpaired) electrons.